The highest BCUT2D eigenvalue weighted by atomic mass is 35.5. The highest BCUT2D eigenvalue weighted by Crippen LogP contribution is 2.25. The van der Waals surface area contributed by atoms with Gasteiger partial charge in [0.2, 0.25) is 0 Å². The van der Waals surface area contributed by atoms with Crippen molar-refractivity contribution in [3.63, 3.8) is 0 Å². The molecule has 0 radical (unpaired) electrons. The highest BCUT2D eigenvalue weighted by Gasteiger charge is 2.12. The van der Waals surface area contributed by atoms with E-state index in [0.29, 0.717) is 15.6 Å². The third-order valence-electron chi connectivity index (χ3n) is 2.94. The number of amides is 1. The molecule has 0 atom stereocenters. The molecular formula is C14H11ClN4OS. The van der Waals surface area contributed by atoms with Crippen LogP contribution in [0.2, 0.25) is 5.02 Å². The van der Waals surface area contributed by atoms with Crippen LogP contribution in [0, 0.1) is 6.92 Å². The second-order valence-electron chi connectivity index (χ2n) is 4.36. The standard InChI is InChI=1S/C14H11ClN4OS/c1-9-13(21-8-17-9)14(20)18-10-2-3-12(11(15)6-10)19-5-4-16-7-19/h2-8H,1H3,(H,18,20). The number of nitrogens with zero attached hydrogens (tertiary/aromatic N) is 3. The van der Waals surface area contributed by atoms with Crippen molar-refractivity contribution in [1.29, 1.82) is 0 Å². The number of carbonyl (C=O) groups is 1. The Balaban J connectivity index is 1.83. The second-order valence-corrected chi connectivity index (χ2v) is 5.62. The van der Waals surface area contributed by atoms with E-state index in [1.807, 2.05) is 6.07 Å². The first-order chi connectivity index (χ1) is 10.1. The first kappa shape index (κ1) is 13.8. The van der Waals surface area contributed by atoms with Gasteiger partial charge in [0, 0.05) is 18.1 Å². The number of hydrogen-bond donors (Lipinski definition) is 1. The summed E-state index contributed by atoms with van der Waals surface area (Å²) in [7, 11) is 0. The third kappa shape index (κ3) is 2.81. The van der Waals surface area contributed by atoms with Crippen LogP contribution >= 0.6 is 22.9 Å². The van der Waals surface area contributed by atoms with Crippen LogP contribution in [-0.4, -0.2) is 20.4 Å². The number of anilines is 1. The van der Waals surface area contributed by atoms with E-state index in [9.17, 15) is 4.79 Å². The average Bonchev–Trinajstić information content (AvgIpc) is 3.10. The minimum absolute atomic E-state index is 0.179. The molecule has 5 nitrogen and oxygen atoms in total. The summed E-state index contributed by atoms with van der Waals surface area (Å²) >= 11 is 7.56. The van der Waals surface area contributed by atoms with Crippen LogP contribution in [0.25, 0.3) is 5.69 Å². The lowest BCUT2D eigenvalue weighted by Gasteiger charge is -2.09. The van der Waals surface area contributed by atoms with Gasteiger partial charge >= 0.3 is 0 Å². The SMILES string of the molecule is Cc1ncsc1C(=O)Nc1ccc(-n2ccnc2)c(Cl)c1. The Kier molecular flexibility index (Phi) is 3.72. The van der Waals surface area contributed by atoms with Crippen LogP contribution < -0.4 is 5.32 Å². The summed E-state index contributed by atoms with van der Waals surface area (Å²) in [6.45, 7) is 1.81. The monoisotopic (exact) mass is 318 g/mol. The zero-order chi connectivity index (χ0) is 14.8. The van der Waals surface area contributed by atoms with Crippen LogP contribution in [0.15, 0.2) is 42.4 Å². The molecule has 2 heterocycles. The van der Waals surface area contributed by atoms with Crippen molar-refractivity contribution >= 4 is 34.5 Å². The van der Waals surface area contributed by atoms with Gasteiger partial charge in [0.1, 0.15) is 4.88 Å². The zero-order valence-corrected chi connectivity index (χ0v) is 12.6. The Morgan fingerprint density at radius 1 is 1.43 bits per heavy atom. The molecule has 0 aliphatic rings. The minimum atomic E-state index is -0.179. The Morgan fingerprint density at radius 2 is 2.29 bits per heavy atom. The van der Waals surface area contributed by atoms with Gasteiger partial charge in [0.05, 0.1) is 28.2 Å². The number of halogens is 1. The van der Waals surface area contributed by atoms with E-state index in [0.717, 1.165) is 11.4 Å². The predicted octanol–water partition coefficient (Wildman–Crippen LogP) is 3.54. The van der Waals surface area contributed by atoms with Gasteiger partial charge in [-0.2, -0.15) is 0 Å². The average molecular weight is 319 g/mol. The van der Waals surface area contributed by atoms with Gasteiger partial charge < -0.3 is 9.88 Å². The maximum atomic E-state index is 12.1. The van der Waals surface area contributed by atoms with E-state index in [4.69, 9.17) is 11.6 Å². The molecule has 0 aliphatic carbocycles. The van der Waals surface area contributed by atoms with Gasteiger partial charge in [0.25, 0.3) is 5.91 Å². The molecule has 1 aromatic carbocycles. The molecule has 3 aromatic rings. The molecule has 0 saturated heterocycles. The summed E-state index contributed by atoms with van der Waals surface area (Å²) in [6.07, 6.45) is 5.15. The lowest BCUT2D eigenvalue weighted by molar-refractivity contribution is 0.103. The molecule has 1 amide bonds. The summed E-state index contributed by atoms with van der Waals surface area (Å²) in [4.78, 5) is 20.8. The van der Waals surface area contributed by atoms with Crippen molar-refractivity contribution in [2.45, 2.75) is 6.92 Å². The lowest BCUT2D eigenvalue weighted by atomic mass is 10.2. The number of aromatic nitrogens is 3. The van der Waals surface area contributed by atoms with Crippen molar-refractivity contribution in [2.24, 2.45) is 0 Å². The molecule has 0 saturated carbocycles. The van der Waals surface area contributed by atoms with E-state index in [-0.39, 0.29) is 5.91 Å². The van der Waals surface area contributed by atoms with Crippen molar-refractivity contribution in [3.05, 3.63) is 58.0 Å². The molecule has 0 unspecified atom stereocenters. The van der Waals surface area contributed by atoms with Gasteiger partial charge in [-0.25, -0.2) is 9.97 Å². The fourth-order valence-electron chi connectivity index (χ4n) is 1.90. The Bertz CT molecular complexity index is 782. The molecule has 0 bridgehead atoms. The number of thiazole rings is 1. The van der Waals surface area contributed by atoms with Crippen LogP contribution in [0.3, 0.4) is 0 Å². The second kappa shape index (κ2) is 5.67. The first-order valence-corrected chi connectivity index (χ1v) is 7.40. The fraction of sp³-hybridized carbons (Fsp3) is 0.0714. The van der Waals surface area contributed by atoms with Gasteiger partial charge in [-0.1, -0.05) is 11.6 Å². The highest BCUT2D eigenvalue weighted by molar-refractivity contribution is 7.12. The summed E-state index contributed by atoms with van der Waals surface area (Å²) in [6, 6.07) is 5.35. The molecule has 21 heavy (non-hydrogen) atoms. The minimum Gasteiger partial charge on any atom is -0.321 e. The molecule has 3 rings (SSSR count). The molecule has 1 N–H and O–H groups in total. The lowest BCUT2D eigenvalue weighted by Crippen LogP contribution is -2.11. The summed E-state index contributed by atoms with van der Waals surface area (Å²) in [5.41, 5.74) is 3.82. The van der Waals surface area contributed by atoms with E-state index >= 15 is 0 Å². The molecule has 106 valence electrons. The normalized spacial score (nSPS) is 10.6. The van der Waals surface area contributed by atoms with E-state index in [1.165, 1.54) is 11.3 Å². The molecular weight excluding hydrogens is 308 g/mol. The maximum Gasteiger partial charge on any atom is 0.267 e. The van der Waals surface area contributed by atoms with Crippen molar-refractivity contribution < 1.29 is 4.79 Å². The van der Waals surface area contributed by atoms with Gasteiger partial charge in [0.15, 0.2) is 0 Å². The maximum absolute atomic E-state index is 12.1. The number of imidazole rings is 1. The third-order valence-corrected chi connectivity index (χ3v) is 4.17. The summed E-state index contributed by atoms with van der Waals surface area (Å²) in [5, 5.41) is 3.35. The molecule has 0 aliphatic heterocycles. The van der Waals surface area contributed by atoms with E-state index in [2.05, 4.69) is 15.3 Å². The predicted molar refractivity (Wildman–Crippen MR) is 83.4 cm³/mol. The van der Waals surface area contributed by atoms with Crippen LogP contribution in [0.4, 0.5) is 5.69 Å². The van der Waals surface area contributed by atoms with Gasteiger partial charge in [-0.15, -0.1) is 11.3 Å². The van der Waals surface area contributed by atoms with Crippen LogP contribution in [0.1, 0.15) is 15.4 Å². The topological polar surface area (TPSA) is 59.8 Å². The number of aryl methyl sites for hydroxylation is 1. The number of rotatable bonds is 3. The summed E-state index contributed by atoms with van der Waals surface area (Å²) < 4.78 is 1.81. The quantitative estimate of drug-likeness (QED) is 0.803. The van der Waals surface area contributed by atoms with Crippen molar-refractivity contribution in [2.75, 3.05) is 5.32 Å². The number of benzene rings is 1. The number of nitrogens with one attached hydrogen (secondary N) is 1. The van der Waals surface area contributed by atoms with Crippen LogP contribution in [-0.2, 0) is 0 Å². The van der Waals surface area contributed by atoms with Crippen molar-refractivity contribution in [1.82, 2.24) is 14.5 Å². The van der Waals surface area contributed by atoms with Crippen molar-refractivity contribution in [3.8, 4) is 5.69 Å². The van der Waals surface area contributed by atoms with E-state index < -0.39 is 0 Å². The number of hydrogen-bond acceptors (Lipinski definition) is 4. The van der Waals surface area contributed by atoms with E-state index in [1.54, 1.807) is 47.9 Å². The Hall–Kier alpha value is -2.18. The smallest absolute Gasteiger partial charge is 0.267 e. The Labute approximate surface area is 130 Å². The Morgan fingerprint density at radius 3 is 2.90 bits per heavy atom. The molecule has 0 fully saturated rings. The van der Waals surface area contributed by atoms with Crippen LogP contribution in [0.5, 0.6) is 0 Å². The fourth-order valence-corrected chi connectivity index (χ4v) is 2.88. The zero-order valence-electron chi connectivity index (χ0n) is 11.1. The van der Waals surface area contributed by atoms with Gasteiger partial charge in [-0.05, 0) is 25.1 Å². The molecule has 2 aromatic heterocycles. The number of carbonyl (C=O) groups excluding carboxylic acids is 1. The molecule has 0 spiro atoms. The summed E-state index contributed by atoms with van der Waals surface area (Å²) in [5.74, 6) is -0.179. The van der Waals surface area contributed by atoms with Gasteiger partial charge in [-0.3, -0.25) is 4.79 Å². The largest absolute Gasteiger partial charge is 0.321 e. The first-order valence-electron chi connectivity index (χ1n) is 6.14. The molecule has 7 heteroatoms.